The zero-order chi connectivity index (χ0) is 17.9. The third-order valence-electron chi connectivity index (χ3n) is 4.67. The zero-order valence-electron chi connectivity index (χ0n) is 14.5. The van der Waals surface area contributed by atoms with Crippen LogP contribution in [0.25, 0.3) is 12.2 Å². The fraction of sp³-hybridized carbons (Fsp3) is 0.286. The summed E-state index contributed by atoms with van der Waals surface area (Å²) < 4.78 is 11.2. The van der Waals surface area contributed by atoms with Gasteiger partial charge in [0.2, 0.25) is 0 Å². The summed E-state index contributed by atoms with van der Waals surface area (Å²) >= 11 is 0. The zero-order valence-corrected chi connectivity index (χ0v) is 14.5. The molecule has 2 aromatic rings. The van der Waals surface area contributed by atoms with Gasteiger partial charge in [0.25, 0.3) is 0 Å². The standard InChI is InChI=1S/C21H22O4/c1-21(14-24-2)11-12-25-19-10-8-15(13-18(19)21)7-9-16-5-3-4-6-17(16)20(22)23/h3-10,13H,11-12,14H2,1-2H3,(H,22,23)/b9-7+. The lowest BCUT2D eigenvalue weighted by Gasteiger charge is -2.35. The fourth-order valence-corrected chi connectivity index (χ4v) is 3.26. The van der Waals surface area contributed by atoms with Crippen molar-refractivity contribution in [1.29, 1.82) is 0 Å². The molecule has 0 amide bonds. The highest BCUT2D eigenvalue weighted by molar-refractivity contribution is 5.93. The van der Waals surface area contributed by atoms with Crippen LogP contribution in [0.5, 0.6) is 5.75 Å². The molecule has 0 spiro atoms. The minimum atomic E-state index is -0.924. The molecule has 1 unspecified atom stereocenters. The molecular formula is C21H22O4. The van der Waals surface area contributed by atoms with Crippen LogP contribution in [0.15, 0.2) is 42.5 Å². The second kappa shape index (κ2) is 7.11. The van der Waals surface area contributed by atoms with Gasteiger partial charge in [0.05, 0.1) is 18.8 Å². The summed E-state index contributed by atoms with van der Waals surface area (Å²) in [6.07, 6.45) is 4.68. The molecule has 4 nitrogen and oxygen atoms in total. The van der Waals surface area contributed by atoms with Gasteiger partial charge >= 0.3 is 5.97 Å². The molecule has 3 rings (SSSR count). The third kappa shape index (κ3) is 3.59. The van der Waals surface area contributed by atoms with Crippen LogP contribution in [0.4, 0.5) is 0 Å². The van der Waals surface area contributed by atoms with Gasteiger partial charge in [0.1, 0.15) is 5.75 Å². The smallest absolute Gasteiger partial charge is 0.336 e. The summed E-state index contributed by atoms with van der Waals surface area (Å²) in [5.74, 6) is -0.0272. The van der Waals surface area contributed by atoms with E-state index in [0.29, 0.717) is 24.3 Å². The van der Waals surface area contributed by atoms with Crippen LogP contribution >= 0.6 is 0 Å². The van der Waals surface area contributed by atoms with Gasteiger partial charge in [-0.1, -0.05) is 43.3 Å². The van der Waals surface area contributed by atoms with E-state index in [2.05, 4.69) is 13.0 Å². The second-order valence-corrected chi connectivity index (χ2v) is 6.57. The van der Waals surface area contributed by atoms with Crippen LogP contribution in [0.1, 0.15) is 40.4 Å². The Labute approximate surface area is 147 Å². The number of carboxylic acids is 1. The number of hydrogen-bond donors (Lipinski definition) is 1. The molecule has 1 atom stereocenters. The highest BCUT2D eigenvalue weighted by Crippen LogP contribution is 2.39. The molecule has 0 aromatic heterocycles. The molecule has 1 aliphatic rings. The largest absolute Gasteiger partial charge is 0.493 e. The summed E-state index contributed by atoms with van der Waals surface area (Å²) in [7, 11) is 1.72. The van der Waals surface area contributed by atoms with Crippen LogP contribution in [0.3, 0.4) is 0 Å². The van der Waals surface area contributed by atoms with Gasteiger partial charge in [-0.15, -0.1) is 0 Å². The number of rotatable bonds is 5. The Morgan fingerprint density at radius 1 is 1.28 bits per heavy atom. The van der Waals surface area contributed by atoms with Crippen molar-refractivity contribution in [3.63, 3.8) is 0 Å². The number of carbonyl (C=O) groups is 1. The second-order valence-electron chi connectivity index (χ2n) is 6.57. The SMILES string of the molecule is COCC1(C)CCOc2ccc(/C=C/c3ccccc3C(=O)O)cc21. The summed E-state index contributed by atoms with van der Waals surface area (Å²) in [5.41, 5.74) is 3.04. The number of benzene rings is 2. The van der Waals surface area contributed by atoms with Crippen molar-refractivity contribution in [1.82, 2.24) is 0 Å². The van der Waals surface area contributed by atoms with Gasteiger partial charge in [0, 0.05) is 18.1 Å². The molecule has 1 heterocycles. The summed E-state index contributed by atoms with van der Waals surface area (Å²) in [6, 6.07) is 13.0. The summed E-state index contributed by atoms with van der Waals surface area (Å²) in [6.45, 7) is 3.51. The normalized spacial score (nSPS) is 19.4. The first-order valence-corrected chi connectivity index (χ1v) is 8.30. The topological polar surface area (TPSA) is 55.8 Å². The molecule has 25 heavy (non-hydrogen) atoms. The molecule has 0 fully saturated rings. The predicted molar refractivity (Wildman–Crippen MR) is 98.1 cm³/mol. The van der Waals surface area contributed by atoms with Crippen molar-refractivity contribution in [2.45, 2.75) is 18.8 Å². The number of carboxylic acid groups (broad SMARTS) is 1. The van der Waals surface area contributed by atoms with Crippen molar-refractivity contribution in [2.24, 2.45) is 0 Å². The lowest BCUT2D eigenvalue weighted by atomic mass is 9.78. The van der Waals surface area contributed by atoms with Gasteiger partial charge in [-0.3, -0.25) is 0 Å². The minimum absolute atomic E-state index is 0.0782. The van der Waals surface area contributed by atoms with Crippen LogP contribution in [-0.2, 0) is 10.2 Å². The Hall–Kier alpha value is -2.59. The Kier molecular flexibility index (Phi) is 4.91. The average molecular weight is 338 g/mol. The number of fused-ring (bicyclic) bond motifs is 1. The first kappa shape index (κ1) is 17.2. The molecule has 1 N–H and O–H groups in total. The van der Waals surface area contributed by atoms with Gasteiger partial charge in [-0.2, -0.15) is 0 Å². The van der Waals surface area contributed by atoms with Crippen molar-refractivity contribution in [3.05, 3.63) is 64.7 Å². The highest BCUT2D eigenvalue weighted by Gasteiger charge is 2.33. The molecule has 0 bridgehead atoms. The maximum absolute atomic E-state index is 11.3. The molecule has 1 aliphatic heterocycles. The predicted octanol–water partition coefficient (Wildman–Crippen LogP) is 4.24. The van der Waals surface area contributed by atoms with E-state index in [-0.39, 0.29) is 5.41 Å². The van der Waals surface area contributed by atoms with Gasteiger partial charge in [-0.05, 0) is 35.7 Å². The molecule has 0 aliphatic carbocycles. The lowest BCUT2D eigenvalue weighted by molar-refractivity contribution is 0.0696. The number of hydrogen-bond acceptors (Lipinski definition) is 3. The number of aromatic carboxylic acids is 1. The quantitative estimate of drug-likeness (QED) is 0.829. The van der Waals surface area contributed by atoms with E-state index in [0.717, 1.165) is 23.3 Å². The molecular weight excluding hydrogens is 316 g/mol. The molecule has 2 aromatic carbocycles. The summed E-state index contributed by atoms with van der Waals surface area (Å²) in [4.78, 5) is 11.3. The number of ether oxygens (including phenoxy) is 2. The van der Waals surface area contributed by atoms with Crippen molar-refractivity contribution in [3.8, 4) is 5.75 Å². The monoisotopic (exact) mass is 338 g/mol. The third-order valence-corrected chi connectivity index (χ3v) is 4.67. The Bertz CT molecular complexity index is 809. The van der Waals surface area contributed by atoms with Crippen molar-refractivity contribution < 1.29 is 19.4 Å². The van der Waals surface area contributed by atoms with E-state index in [1.807, 2.05) is 30.4 Å². The maximum atomic E-state index is 11.3. The Morgan fingerprint density at radius 3 is 2.84 bits per heavy atom. The van der Waals surface area contributed by atoms with Crippen LogP contribution in [-0.4, -0.2) is 31.4 Å². The van der Waals surface area contributed by atoms with E-state index in [4.69, 9.17) is 9.47 Å². The maximum Gasteiger partial charge on any atom is 0.336 e. The first-order valence-electron chi connectivity index (χ1n) is 8.30. The van der Waals surface area contributed by atoms with Crippen LogP contribution < -0.4 is 4.74 Å². The lowest BCUT2D eigenvalue weighted by Crippen LogP contribution is -2.34. The van der Waals surface area contributed by atoms with E-state index in [1.165, 1.54) is 0 Å². The molecule has 0 saturated carbocycles. The van der Waals surface area contributed by atoms with Gasteiger partial charge < -0.3 is 14.6 Å². The van der Waals surface area contributed by atoms with Crippen LogP contribution in [0, 0.1) is 0 Å². The average Bonchev–Trinajstić information content (AvgIpc) is 2.61. The number of methoxy groups -OCH3 is 1. The van der Waals surface area contributed by atoms with E-state index < -0.39 is 5.97 Å². The van der Waals surface area contributed by atoms with Crippen molar-refractivity contribution in [2.75, 3.05) is 20.3 Å². The van der Waals surface area contributed by atoms with Gasteiger partial charge in [0.15, 0.2) is 0 Å². The molecule has 0 saturated heterocycles. The molecule has 130 valence electrons. The first-order chi connectivity index (χ1) is 12.0. The van der Waals surface area contributed by atoms with E-state index in [1.54, 1.807) is 25.3 Å². The Morgan fingerprint density at radius 2 is 2.08 bits per heavy atom. The van der Waals surface area contributed by atoms with Gasteiger partial charge in [-0.25, -0.2) is 4.79 Å². The minimum Gasteiger partial charge on any atom is -0.493 e. The fourth-order valence-electron chi connectivity index (χ4n) is 3.26. The Balaban J connectivity index is 1.94. The van der Waals surface area contributed by atoms with Crippen LogP contribution in [0.2, 0.25) is 0 Å². The van der Waals surface area contributed by atoms with Crippen molar-refractivity contribution >= 4 is 18.1 Å². The summed E-state index contributed by atoms with van der Waals surface area (Å²) in [5, 5.41) is 9.28. The highest BCUT2D eigenvalue weighted by atomic mass is 16.5. The van der Waals surface area contributed by atoms with E-state index in [9.17, 15) is 9.90 Å². The molecule has 4 heteroatoms. The molecule has 0 radical (unpaired) electrons. The van der Waals surface area contributed by atoms with E-state index >= 15 is 0 Å².